The molecule has 0 spiro atoms. The monoisotopic (exact) mass is 388 g/mol. The number of hydrogen-bond donors (Lipinski definition) is 2. The number of amides is 2. The fraction of sp³-hybridized carbons (Fsp3) is 0.167. The Bertz CT molecular complexity index is 953. The number of hydrogen-bond acceptors (Lipinski definition) is 3. The van der Waals surface area contributed by atoms with Gasteiger partial charge in [0.05, 0.1) is 18.4 Å². The third-order valence-corrected chi connectivity index (χ3v) is 4.54. The first-order chi connectivity index (χ1) is 14.2. The molecule has 0 saturated carbocycles. The van der Waals surface area contributed by atoms with Gasteiger partial charge in [-0.1, -0.05) is 42.5 Å². The molecular formula is C24H24N2O3. The van der Waals surface area contributed by atoms with Gasteiger partial charge in [-0.2, -0.15) is 0 Å². The average Bonchev–Trinajstić information content (AvgIpc) is 2.77. The van der Waals surface area contributed by atoms with Crippen LogP contribution in [0.1, 0.15) is 32.7 Å². The summed E-state index contributed by atoms with van der Waals surface area (Å²) in [7, 11) is 1.57. The average molecular weight is 388 g/mol. The summed E-state index contributed by atoms with van der Waals surface area (Å²) in [6, 6.07) is 24.0. The van der Waals surface area contributed by atoms with Gasteiger partial charge in [-0.25, -0.2) is 0 Å². The lowest BCUT2D eigenvalue weighted by Gasteiger charge is -2.12. The molecular weight excluding hydrogens is 364 g/mol. The number of anilines is 1. The topological polar surface area (TPSA) is 67.4 Å². The van der Waals surface area contributed by atoms with Crippen LogP contribution in [-0.2, 0) is 6.42 Å². The largest absolute Gasteiger partial charge is 0.497 e. The van der Waals surface area contributed by atoms with E-state index < -0.39 is 0 Å². The second-order valence-electron chi connectivity index (χ2n) is 6.57. The maximum atomic E-state index is 12.6. The van der Waals surface area contributed by atoms with Crippen molar-refractivity contribution in [2.24, 2.45) is 0 Å². The van der Waals surface area contributed by atoms with Crippen molar-refractivity contribution in [3.05, 3.63) is 95.6 Å². The zero-order chi connectivity index (χ0) is 20.5. The summed E-state index contributed by atoms with van der Waals surface area (Å²) in [6.07, 6.45) is 1.74. The molecule has 3 aromatic carbocycles. The van der Waals surface area contributed by atoms with Gasteiger partial charge < -0.3 is 15.4 Å². The number of rotatable bonds is 8. The maximum absolute atomic E-state index is 12.6. The van der Waals surface area contributed by atoms with E-state index in [1.54, 1.807) is 55.6 Å². The molecule has 0 aliphatic carbocycles. The van der Waals surface area contributed by atoms with Gasteiger partial charge >= 0.3 is 0 Å². The van der Waals surface area contributed by atoms with Gasteiger partial charge in [0, 0.05) is 12.1 Å². The number of aryl methyl sites for hydroxylation is 1. The lowest BCUT2D eigenvalue weighted by molar-refractivity contribution is 0.0954. The molecule has 148 valence electrons. The van der Waals surface area contributed by atoms with Crippen molar-refractivity contribution in [1.29, 1.82) is 0 Å². The predicted octanol–water partition coefficient (Wildman–Crippen LogP) is 4.31. The number of para-hydroxylation sites is 1. The number of nitrogens with one attached hydrogen (secondary N) is 2. The normalized spacial score (nSPS) is 10.2. The Morgan fingerprint density at radius 2 is 1.52 bits per heavy atom. The van der Waals surface area contributed by atoms with Crippen LogP contribution in [0.4, 0.5) is 5.69 Å². The van der Waals surface area contributed by atoms with E-state index in [9.17, 15) is 9.59 Å². The van der Waals surface area contributed by atoms with E-state index in [-0.39, 0.29) is 11.8 Å². The SMILES string of the molecule is COc1ccc(C(=O)Nc2ccccc2C(=O)NCCCc2ccccc2)cc1. The lowest BCUT2D eigenvalue weighted by Crippen LogP contribution is -2.26. The van der Waals surface area contributed by atoms with E-state index in [0.29, 0.717) is 29.1 Å². The van der Waals surface area contributed by atoms with Gasteiger partial charge in [0.25, 0.3) is 11.8 Å². The first-order valence-electron chi connectivity index (χ1n) is 9.54. The molecule has 3 rings (SSSR count). The summed E-state index contributed by atoms with van der Waals surface area (Å²) in [4.78, 5) is 25.1. The fourth-order valence-corrected chi connectivity index (χ4v) is 2.96. The quantitative estimate of drug-likeness (QED) is 0.565. The van der Waals surface area contributed by atoms with Crippen molar-refractivity contribution >= 4 is 17.5 Å². The second kappa shape index (κ2) is 10.1. The van der Waals surface area contributed by atoms with Crippen LogP contribution >= 0.6 is 0 Å². The Kier molecular flexibility index (Phi) is 7.00. The maximum Gasteiger partial charge on any atom is 0.255 e. The highest BCUT2D eigenvalue weighted by Gasteiger charge is 2.14. The Balaban J connectivity index is 1.58. The molecule has 3 aromatic rings. The summed E-state index contributed by atoms with van der Waals surface area (Å²) >= 11 is 0. The molecule has 0 bridgehead atoms. The first kappa shape index (κ1) is 20.1. The number of carbonyl (C=O) groups is 2. The van der Waals surface area contributed by atoms with E-state index in [2.05, 4.69) is 22.8 Å². The summed E-state index contributed by atoms with van der Waals surface area (Å²) in [5.41, 5.74) is 2.65. The Hall–Kier alpha value is -3.60. The number of carbonyl (C=O) groups excluding carboxylic acids is 2. The molecule has 0 aromatic heterocycles. The molecule has 5 heteroatoms. The summed E-state index contributed by atoms with van der Waals surface area (Å²) in [6.45, 7) is 0.564. The third kappa shape index (κ3) is 5.69. The highest BCUT2D eigenvalue weighted by Crippen LogP contribution is 2.18. The van der Waals surface area contributed by atoms with Gasteiger partial charge in [0.1, 0.15) is 5.75 Å². The molecule has 0 radical (unpaired) electrons. The van der Waals surface area contributed by atoms with Gasteiger partial charge in [-0.3, -0.25) is 9.59 Å². The highest BCUT2D eigenvalue weighted by atomic mass is 16.5. The van der Waals surface area contributed by atoms with Crippen LogP contribution in [0.15, 0.2) is 78.9 Å². The molecule has 0 saturated heterocycles. The number of methoxy groups -OCH3 is 1. The van der Waals surface area contributed by atoms with Gasteiger partial charge in [-0.15, -0.1) is 0 Å². The van der Waals surface area contributed by atoms with E-state index in [1.807, 2.05) is 18.2 Å². The zero-order valence-electron chi connectivity index (χ0n) is 16.4. The summed E-state index contributed by atoms with van der Waals surface area (Å²) in [5.74, 6) is 0.192. The molecule has 0 unspecified atom stereocenters. The lowest BCUT2D eigenvalue weighted by atomic mass is 10.1. The van der Waals surface area contributed by atoms with Crippen molar-refractivity contribution in [3.63, 3.8) is 0 Å². The predicted molar refractivity (Wildman–Crippen MR) is 114 cm³/mol. The number of benzene rings is 3. The zero-order valence-corrected chi connectivity index (χ0v) is 16.4. The van der Waals surface area contributed by atoms with Crippen molar-refractivity contribution < 1.29 is 14.3 Å². The minimum absolute atomic E-state index is 0.205. The molecule has 2 N–H and O–H groups in total. The minimum atomic E-state index is -0.281. The third-order valence-electron chi connectivity index (χ3n) is 4.54. The van der Waals surface area contributed by atoms with Gasteiger partial charge in [0.2, 0.25) is 0 Å². The van der Waals surface area contributed by atoms with E-state index in [1.165, 1.54) is 5.56 Å². The van der Waals surface area contributed by atoms with Crippen LogP contribution in [0.5, 0.6) is 5.75 Å². The molecule has 0 heterocycles. The summed E-state index contributed by atoms with van der Waals surface area (Å²) in [5, 5.41) is 5.75. The fourth-order valence-electron chi connectivity index (χ4n) is 2.96. The molecule has 29 heavy (non-hydrogen) atoms. The molecule has 0 atom stereocenters. The Morgan fingerprint density at radius 3 is 2.24 bits per heavy atom. The second-order valence-corrected chi connectivity index (χ2v) is 6.57. The minimum Gasteiger partial charge on any atom is -0.497 e. The van der Waals surface area contributed by atoms with Crippen molar-refractivity contribution in [2.75, 3.05) is 19.0 Å². The van der Waals surface area contributed by atoms with Crippen molar-refractivity contribution in [3.8, 4) is 5.75 Å². The van der Waals surface area contributed by atoms with Gasteiger partial charge in [0.15, 0.2) is 0 Å². The van der Waals surface area contributed by atoms with Crippen molar-refractivity contribution in [1.82, 2.24) is 5.32 Å². The standard InChI is InChI=1S/C24H24N2O3/c1-29-20-15-13-19(14-16-20)23(27)26-22-12-6-5-11-21(22)24(28)25-17-7-10-18-8-3-2-4-9-18/h2-6,8-9,11-16H,7,10,17H2,1H3,(H,25,28)(H,26,27). The van der Waals surface area contributed by atoms with Crippen LogP contribution in [0.25, 0.3) is 0 Å². The van der Waals surface area contributed by atoms with E-state index in [4.69, 9.17) is 4.74 Å². The molecule has 0 fully saturated rings. The first-order valence-corrected chi connectivity index (χ1v) is 9.54. The molecule has 5 nitrogen and oxygen atoms in total. The van der Waals surface area contributed by atoms with Crippen LogP contribution in [0.2, 0.25) is 0 Å². The smallest absolute Gasteiger partial charge is 0.255 e. The number of ether oxygens (including phenoxy) is 1. The van der Waals surface area contributed by atoms with Crippen LogP contribution in [0.3, 0.4) is 0 Å². The van der Waals surface area contributed by atoms with Gasteiger partial charge in [-0.05, 0) is 54.8 Å². The Labute approximate surface area is 170 Å². The Morgan fingerprint density at radius 1 is 0.828 bits per heavy atom. The van der Waals surface area contributed by atoms with E-state index >= 15 is 0 Å². The molecule has 2 amide bonds. The van der Waals surface area contributed by atoms with E-state index in [0.717, 1.165) is 12.8 Å². The summed E-state index contributed by atoms with van der Waals surface area (Å²) < 4.78 is 5.11. The molecule has 0 aliphatic heterocycles. The molecule has 0 aliphatic rings. The van der Waals surface area contributed by atoms with Crippen LogP contribution < -0.4 is 15.4 Å². The van der Waals surface area contributed by atoms with Crippen LogP contribution in [-0.4, -0.2) is 25.5 Å². The van der Waals surface area contributed by atoms with Crippen molar-refractivity contribution in [2.45, 2.75) is 12.8 Å². The highest BCUT2D eigenvalue weighted by molar-refractivity contribution is 6.09. The van der Waals surface area contributed by atoms with Crippen LogP contribution in [0, 0.1) is 0 Å².